The van der Waals surface area contributed by atoms with Crippen LogP contribution in [0.1, 0.15) is 0 Å². The van der Waals surface area contributed by atoms with Gasteiger partial charge in [0.2, 0.25) is 0 Å². The lowest BCUT2D eigenvalue weighted by Gasteiger charge is -1.92. The normalized spacial score (nSPS) is 21.0. The summed E-state index contributed by atoms with van der Waals surface area (Å²) in [6, 6.07) is 0. The van der Waals surface area contributed by atoms with Gasteiger partial charge in [0, 0.05) is 44.7 Å². The molecule has 0 amide bonds. The minimum absolute atomic E-state index is 0.904. The van der Waals surface area contributed by atoms with Crippen LogP contribution in [-0.4, -0.2) is 45.9 Å². The molecule has 3 rings (SSSR count). The summed E-state index contributed by atoms with van der Waals surface area (Å²) in [7, 11) is 0. The van der Waals surface area contributed by atoms with Gasteiger partial charge in [0.25, 0.3) is 11.4 Å². The third-order valence-corrected chi connectivity index (χ3v) is 2.15. The molecule has 0 aromatic heterocycles. The van der Waals surface area contributed by atoms with Crippen molar-refractivity contribution in [1.82, 2.24) is 0 Å². The summed E-state index contributed by atoms with van der Waals surface area (Å²) in [4.78, 5) is 3.11. The summed E-state index contributed by atoms with van der Waals surface area (Å²) in [6.07, 6.45) is 14.2. The predicted molar refractivity (Wildman–Crippen MR) is 62.8 cm³/mol. The Kier molecular flexibility index (Phi) is 1.96. The van der Waals surface area contributed by atoms with E-state index in [2.05, 4.69) is 20.4 Å². The second-order valence-corrected chi connectivity index (χ2v) is 3.15. The number of allylic oxidation sites excluding steroid dienone is 4. The van der Waals surface area contributed by atoms with Gasteiger partial charge < -0.3 is 0 Å². The molecule has 6 heteroatoms. The number of hydrazone groups is 4. The summed E-state index contributed by atoms with van der Waals surface area (Å²) in [5.74, 6) is 0. The number of hydrogen-bond acceptors (Lipinski definition) is 4. The second-order valence-electron chi connectivity index (χ2n) is 3.15. The average molecular weight is 212 g/mol. The number of rotatable bonds is 0. The van der Waals surface area contributed by atoms with Crippen LogP contribution in [0.15, 0.2) is 44.7 Å². The predicted octanol–water partition coefficient (Wildman–Crippen LogP) is -0.0102. The van der Waals surface area contributed by atoms with Crippen molar-refractivity contribution in [1.29, 1.82) is 0 Å². The van der Waals surface area contributed by atoms with E-state index in [4.69, 9.17) is 0 Å². The van der Waals surface area contributed by atoms with Crippen LogP contribution < -0.4 is 0 Å². The Morgan fingerprint density at radius 3 is 1.19 bits per heavy atom. The maximum absolute atomic E-state index is 4.05. The van der Waals surface area contributed by atoms with E-state index in [1.807, 2.05) is 24.3 Å². The Morgan fingerprint density at radius 2 is 0.875 bits per heavy atom. The molecule has 0 saturated carbocycles. The summed E-state index contributed by atoms with van der Waals surface area (Å²) in [5, 5.41) is 16.2. The molecular formula is C10H8N6+2. The van der Waals surface area contributed by atoms with Gasteiger partial charge in [0.1, 0.15) is 24.9 Å². The molecular weight excluding hydrogens is 204 g/mol. The monoisotopic (exact) mass is 212 g/mol. The Balaban J connectivity index is 1.95. The van der Waals surface area contributed by atoms with Crippen LogP contribution in [0.2, 0.25) is 0 Å². The van der Waals surface area contributed by atoms with Crippen molar-refractivity contribution in [2.45, 2.75) is 0 Å². The van der Waals surface area contributed by atoms with Gasteiger partial charge in [-0.15, -0.1) is 0 Å². The maximum Gasteiger partial charge on any atom is 0.268 e. The molecule has 16 heavy (non-hydrogen) atoms. The second kappa shape index (κ2) is 3.58. The van der Waals surface area contributed by atoms with Gasteiger partial charge in [-0.1, -0.05) is 0 Å². The van der Waals surface area contributed by atoms with Gasteiger partial charge in [0.05, 0.1) is 9.59 Å². The Hall–Kier alpha value is -2.50. The van der Waals surface area contributed by atoms with Crippen molar-refractivity contribution in [3.05, 3.63) is 24.3 Å². The molecule has 2 heterocycles. The standard InChI is InChI=1S/C10H8N6/c1-2-10(16-13-7-8-14-16)4-3-9(1)15-11-5-6-12-15/h1-8H/q+2. The highest BCUT2D eigenvalue weighted by atomic mass is 15.6. The molecule has 3 aliphatic rings. The number of hydrogen-bond donors (Lipinski definition) is 0. The topological polar surface area (TPSA) is 55.5 Å². The maximum atomic E-state index is 4.05. The lowest BCUT2D eigenvalue weighted by molar-refractivity contribution is -0.534. The van der Waals surface area contributed by atoms with Crippen molar-refractivity contribution in [3.63, 3.8) is 0 Å². The smallest absolute Gasteiger partial charge is 0.0225 e. The highest BCUT2D eigenvalue weighted by Gasteiger charge is 2.19. The molecule has 0 fully saturated rings. The first-order valence-electron chi connectivity index (χ1n) is 4.77. The van der Waals surface area contributed by atoms with E-state index in [0.717, 1.165) is 11.4 Å². The first kappa shape index (κ1) is 8.78. The lowest BCUT2D eigenvalue weighted by atomic mass is 10.1. The van der Waals surface area contributed by atoms with E-state index in [9.17, 15) is 0 Å². The summed E-state index contributed by atoms with van der Waals surface area (Å²) < 4.78 is 0. The quantitative estimate of drug-likeness (QED) is 0.400. The Labute approximate surface area is 91.3 Å². The zero-order chi connectivity index (χ0) is 10.8. The highest BCUT2D eigenvalue weighted by molar-refractivity contribution is 6.19. The fraction of sp³-hybridized carbons (Fsp3) is 0. The van der Waals surface area contributed by atoms with Gasteiger partial charge >= 0.3 is 0 Å². The fourth-order valence-corrected chi connectivity index (χ4v) is 1.42. The molecule has 0 spiro atoms. The van der Waals surface area contributed by atoms with Crippen LogP contribution in [0.5, 0.6) is 0 Å². The van der Waals surface area contributed by atoms with Gasteiger partial charge in [0.15, 0.2) is 0 Å². The molecule has 0 atom stereocenters. The molecule has 0 aromatic carbocycles. The fourth-order valence-electron chi connectivity index (χ4n) is 1.42. The molecule has 0 radical (unpaired) electrons. The van der Waals surface area contributed by atoms with Crippen molar-refractivity contribution in [2.75, 3.05) is 0 Å². The van der Waals surface area contributed by atoms with E-state index >= 15 is 0 Å². The molecule has 0 unspecified atom stereocenters. The molecule has 76 valence electrons. The first-order chi connectivity index (χ1) is 7.93. The van der Waals surface area contributed by atoms with Crippen molar-refractivity contribution < 1.29 is 9.59 Å². The highest BCUT2D eigenvalue weighted by Crippen LogP contribution is 2.01. The van der Waals surface area contributed by atoms with E-state index < -0.39 is 0 Å². The van der Waals surface area contributed by atoms with E-state index in [1.54, 1.807) is 34.4 Å². The molecule has 2 aliphatic heterocycles. The van der Waals surface area contributed by atoms with Crippen LogP contribution in [0.4, 0.5) is 0 Å². The van der Waals surface area contributed by atoms with E-state index in [0.29, 0.717) is 0 Å². The van der Waals surface area contributed by atoms with Crippen LogP contribution in [0.25, 0.3) is 0 Å². The molecule has 6 nitrogen and oxygen atoms in total. The minimum Gasteiger partial charge on any atom is 0.0225 e. The van der Waals surface area contributed by atoms with Crippen LogP contribution in [0, 0.1) is 0 Å². The molecule has 0 saturated heterocycles. The summed E-state index contributed by atoms with van der Waals surface area (Å²) in [5.41, 5.74) is 1.81. The SMILES string of the molecule is C1=CC(=[N+]2N=CC=N2)C=CC1=[N+]1N=CC=N1. The Bertz CT molecular complexity index is 472. The van der Waals surface area contributed by atoms with Gasteiger partial charge in [-0.05, 0) is 0 Å². The molecule has 1 aliphatic carbocycles. The van der Waals surface area contributed by atoms with Crippen molar-refractivity contribution in [3.8, 4) is 0 Å². The number of nitrogens with zero attached hydrogens (tertiary/aromatic N) is 6. The lowest BCUT2D eigenvalue weighted by Crippen LogP contribution is -2.13. The van der Waals surface area contributed by atoms with Crippen molar-refractivity contribution >= 4 is 36.3 Å². The van der Waals surface area contributed by atoms with Crippen molar-refractivity contribution in [2.24, 2.45) is 20.4 Å². The van der Waals surface area contributed by atoms with Crippen LogP contribution in [0.3, 0.4) is 0 Å². The average Bonchev–Trinajstić information content (AvgIpc) is 3.03. The summed E-state index contributed by atoms with van der Waals surface area (Å²) >= 11 is 0. The van der Waals surface area contributed by atoms with Gasteiger partial charge in [-0.2, -0.15) is 0 Å². The Morgan fingerprint density at radius 1 is 0.562 bits per heavy atom. The van der Waals surface area contributed by atoms with Gasteiger partial charge in [-0.3, -0.25) is 0 Å². The van der Waals surface area contributed by atoms with Crippen LogP contribution >= 0.6 is 0 Å². The largest absolute Gasteiger partial charge is 0.268 e. The third-order valence-electron chi connectivity index (χ3n) is 2.15. The van der Waals surface area contributed by atoms with E-state index in [1.165, 1.54) is 0 Å². The summed E-state index contributed by atoms with van der Waals surface area (Å²) in [6.45, 7) is 0. The third kappa shape index (κ3) is 1.46. The minimum atomic E-state index is 0.904. The van der Waals surface area contributed by atoms with E-state index in [-0.39, 0.29) is 0 Å². The molecule has 0 N–H and O–H groups in total. The molecule has 0 bridgehead atoms. The zero-order valence-corrected chi connectivity index (χ0v) is 8.30. The zero-order valence-electron chi connectivity index (χ0n) is 8.30. The van der Waals surface area contributed by atoms with Gasteiger partial charge in [-0.25, -0.2) is 0 Å². The molecule has 0 aromatic rings. The van der Waals surface area contributed by atoms with Crippen LogP contribution in [-0.2, 0) is 0 Å². The first-order valence-corrected chi connectivity index (χ1v) is 4.77.